The predicted molar refractivity (Wildman–Crippen MR) is 27.1 cm³/mol. The van der Waals surface area contributed by atoms with Crippen LogP contribution in [0.1, 0.15) is 0 Å². The zero-order valence-corrected chi connectivity index (χ0v) is 4.62. The Hall–Kier alpha value is 0.0200. The van der Waals surface area contributed by atoms with Gasteiger partial charge in [0, 0.05) is 13.2 Å². The van der Waals surface area contributed by atoms with E-state index < -0.39 is 0 Å². The van der Waals surface area contributed by atoms with E-state index in [1.165, 1.54) is 0 Å². The Labute approximate surface area is 40.2 Å². The molecule has 0 aromatic heterocycles. The molecule has 0 bridgehead atoms. The molecule has 1 nitrogen and oxygen atoms in total. The molecule has 0 aliphatic rings. The van der Waals surface area contributed by atoms with E-state index in [1.807, 2.05) is 7.05 Å². The van der Waals surface area contributed by atoms with Gasteiger partial charge in [-0.2, -0.15) is 0 Å². The second-order valence-electron chi connectivity index (χ2n) is 0.581. The van der Waals surface area contributed by atoms with Crippen molar-refractivity contribution < 1.29 is 0 Å². The summed E-state index contributed by atoms with van der Waals surface area (Å²) >= 11 is 3.07. The quantitative estimate of drug-likeness (QED) is 0.568. The highest BCUT2D eigenvalue weighted by atomic mass is 79.9. The molecule has 0 radical (unpaired) electrons. The standard InChI is InChI=1S/C3H6BrN/c1-5-3-2-4/h2-3,5H,1H3/b3-2+. The number of rotatable bonds is 1. The second kappa shape index (κ2) is 4.02. The minimum Gasteiger partial charge on any atom is -0.394 e. The van der Waals surface area contributed by atoms with Crippen molar-refractivity contribution in [1.29, 1.82) is 0 Å². The summed E-state index contributed by atoms with van der Waals surface area (Å²) in [6.45, 7) is 0. The van der Waals surface area contributed by atoms with Crippen LogP contribution < -0.4 is 5.32 Å². The maximum Gasteiger partial charge on any atom is 0.00317 e. The van der Waals surface area contributed by atoms with Gasteiger partial charge >= 0.3 is 0 Å². The number of halogens is 1. The van der Waals surface area contributed by atoms with Crippen molar-refractivity contribution in [3.63, 3.8) is 0 Å². The molecule has 0 aromatic carbocycles. The minimum atomic E-state index is 1.76. The first-order valence-corrected chi connectivity index (χ1v) is 2.26. The van der Waals surface area contributed by atoms with Gasteiger partial charge < -0.3 is 5.32 Å². The van der Waals surface area contributed by atoms with Gasteiger partial charge in [-0.05, 0) is 4.99 Å². The smallest absolute Gasteiger partial charge is 0.00317 e. The Morgan fingerprint density at radius 3 is 2.40 bits per heavy atom. The maximum atomic E-state index is 3.07. The molecule has 0 aliphatic heterocycles. The van der Waals surface area contributed by atoms with E-state index in [0.717, 1.165) is 0 Å². The van der Waals surface area contributed by atoms with Crippen LogP contribution >= 0.6 is 15.9 Å². The summed E-state index contributed by atoms with van der Waals surface area (Å²) in [5.74, 6) is 0. The molecule has 0 aromatic rings. The summed E-state index contributed by atoms with van der Waals surface area (Å²) in [4.78, 5) is 1.76. The topological polar surface area (TPSA) is 12.0 Å². The van der Waals surface area contributed by atoms with E-state index in [4.69, 9.17) is 0 Å². The lowest BCUT2D eigenvalue weighted by Gasteiger charge is -1.74. The fourth-order valence-corrected chi connectivity index (χ4v) is 0.327. The summed E-state index contributed by atoms with van der Waals surface area (Å²) in [6.07, 6.45) is 1.79. The zero-order valence-electron chi connectivity index (χ0n) is 3.03. The van der Waals surface area contributed by atoms with Gasteiger partial charge in [0.1, 0.15) is 0 Å². The summed E-state index contributed by atoms with van der Waals surface area (Å²) in [5, 5.41) is 2.79. The summed E-state index contributed by atoms with van der Waals surface area (Å²) in [6, 6.07) is 0. The lowest BCUT2D eigenvalue weighted by molar-refractivity contribution is 1.11. The molecule has 0 rings (SSSR count). The number of hydrogen-bond donors (Lipinski definition) is 1. The van der Waals surface area contributed by atoms with E-state index in [2.05, 4.69) is 21.2 Å². The van der Waals surface area contributed by atoms with E-state index in [9.17, 15) is 0 Å². The first kappa shape index (κ1) is 5.02. The molecule has 0 fully saturated rings. The number of nitrogens with one attached hydrogen (secondary N) is 1. The third-order valence-electron chi connectivity index (χ3n) is 0.230. The van der Waals surface area contributed by atoms with Crippen LogP contribution in [0.5, 0.6) is 0 Å². The summed E-state index contributed by atoms with van der Waals surface area (Å²) < 4.78 is 0. The van der Waals surface area contributed by atoms with Crippen molar-refractivity contribution in [2.45, 2.75) is 0 Å². The Morgan fingerprint density at radius 2 is 2.40 bits per heavy atom. The van der Waals surface area contributed by atoms with Crippen molar-refractivity contribution in [3.8, 4) is 0 Å². The van der Waals surface area contributed by atoms with Crippen LogP contribution in [0.4, 0.5) is 0 Å². The van der Waals surface area contributed by atoms with Gasteiger partial charge in [0.15, 0.2) is 0 Å². The lowest BCUT2D eigenvalue weighted by atomic mass is 11.0. The van der Waals surface area contributed by atoms with Crippen LogP contribution in [0.2, 0.25) is 0 Å². The van der Waals surface area contributed by atoms with E-state index >= 15 is 0 Å². The van der Waals surface area contributed by atoms with E-state index in [-0.39, 0.29) is 0 Å². The predicted octanol–water partition coefficient (Wildman–Crippen LogP) is 1.07. The molecular formula is C3H6BrN. The Kier molecular flexibility index (Phi) is 4.04. The lowest BCUT2D eigenvalue weighted by Crippen LogP contribution is -1.88. The molecular weight excluding hydrogens is 130 g/mol. The van der Waals surface area contributed by atoms with Crippen LogP contribution in [0.15, 0.2) is 11.2 Å². The molecule has 0 saturated carbocycles. The van der Waals surface area contributed by atoms with Gasteiger partial charge in [0.2, 0.25) is 0 Å². The first-order valence-electron chi connectivity index (χ1n) is 1.34. The molecule has 0 aliphatic carbocycles. The zero-order chi connectivity index (χ0) is 4.12. The first-order chi connectivity index (χ1) is 2.41. The van der Waals surface area contributed by atoms with Crippen molar-refractivity contribution in [1.82, 2.24) is 5.32 Å². The van der Waals surface area contributed by atoms with Gasteiger partial charge in [0.25, 0.3) is 0 Å². The van der Waals surface area contributed by atoms with Gasteiger partial charge in [-0.1, -0.05) is 15.9 Å². The van der Waals surface area contributed by atoms with E-state index in [1.54, 1.807) is 11.2 Å². The summed E-state index contributed by atoms with van der Waals surface area (Å²) in [5.41, 5.74) is 0. The van der Waals surface area contributed by atoms with Gasteiger partial charge in [0.05, 0.1) is 0 Å². The van der Waals surface area contributed by atoms with Gasteiger partial charge in [-0.3, -0.25) is 0 Å². The van der Waals surface area contributed by atoms with Crippen molar-refractivity contribution in [2.75, 3.05) is 7.05 Å². The third-order valence-corrected chi connectivity index (χ3v) is 0.494. The largest absolute Gasteiger partial charge is 0.394 e. The molecule has 2 heteroatoms. The molecule has 0 atom stereocenters. The average Bonchev–Trinajstić information content (AvgIpc) is 1.41. The van der Waals surface area contributed by atoms with Gasteiger partial charge in [-0.15, -0.1) is 0 Å². The van der Waals surface area contributed by atoms with Crippen molar-refractivity contribution in [3.05, 3.63) is 11.2 Å². The van der Waals surface area contributed by atoms with Crippen molar-refractivity contribution >= 4 is 15.9 Å². The SMILES string of the molecule is CN/C=C/Br. The Balaban J connectivity index is 2.62. The number of hydrogen-bond acceptors (Lipinski definition) is 1. The van der Waals surface area contributed by atoms with Crippen LogP contribution in [0.25, 0.3) is 0 Å². The highest BCUT2D eigenvalue weighted by Crippen LogP contribution is 1.74. The minimum absolute atomic E-state index is 1.76. The molecule has 0 amide bonds. The maximum absolute atomic E-state index is 3.07. The molecule has 0 spiro atoms. The fourth-order valence-electron chi connectivity index (χ4n) is 0.0630. The molecule has 1 N–H and O–H groups in total. The van der Waals surface area contributed by atoms with E-state index in [0.29, 0.717) is 0 Å². The van der Waals surface area contributed by atoms with Crippen LogP contribution in [0.3, 0.4) is 0 Å². The highest BCUT2D eigenvalue weighted by molar-refractivity contribution is 9.11. The summed E-state index contributed by atoms with van der Waals surface area (Å²) in [7, 11) is 1.84. The Bertz CT molecular complexity index is 33.9. The highest BCUT2D eigenvalue weighted by Gasteiger charge is 1.47. The normalized spacial score (nSPS) is 9.20. The third kappa shape index (κ3) is 4.02. The monoisotopic (exact) mass is 135 g/mol. The van der Waals surface area contributed by atoms with Gasteiger partial charge in [-0.25, -0.2) is 0 Å². The molecule has 5 heavy (non-hydrogen) atoms. The average molecular weight is 136 g/mol. The van der Waals surface area contributed by atoms with Crippen LogP contribution in [-0.2, 0) is 0 Å². The van der Waals surface area contributed by atoms with Crippen LogP contribution in [0, 0.1) is 0 Å². The molecule has 30 valence electrons. The molecule has 0 unspecified atom stereocenters. The van der Waals surface area contributed by atoms with Crippen molar-refractivity contribution in [2.24, 2.45) is 0 Å². The molecule has 0 heterocycles. The fraction of sp³-hybridized carbons (Fsp3) is 0.333. The van der Waals surface area contributed by atoms with Crippen LogP contribution in [-0.4, -0.2) is 7.05 Å². The second-order valence-corrected chi connectivity index (χ2v) is 1.11. The molecule has 0 saturated heterocycles. The Morgan fingerprint density at radius 1 is 1.80 bits per heavy atom.